The van der Waals surface area contributed by atoms with Crippen LogP contribution in [0.3, 0.4) is 0 Å². The number of hydrogen-bond acceptors (Lipinski definition) is 12. The number of carbonyl (C=O) groups is 9. The van der Waals surface area contributed by atoms with Crippen LogP contribution in [0.25, 0.3) is 0 Å². The van der Waals surface area contributed by atoms with Gasteiger partial charge in [0.2, 0.25) is 53.2 Å². The summed E-state index contributed by atoms with van der Waals surface area (Å²) in [4.78, 5) is 136. The van der Waals surface area contributed by atoms with E-state index in [-0.39, 0.29) is 126 Å². The van der Waals surface area contributed by atoms with Crippen LogP contribution in [0.15, 0.2) is 94.9 Å². The van der Waals surface area contributed by atoms with E-state index in [0.717, 1.165) is 0 Å². The molecule has 9 amide bonds. The fourth-order valence-corrected chi connectivity index (χ4v) is 9.02. The van der Waals surface area contributed by atoms with Gasteiger partial charge >= 0.3 is 0 Å². The lowest BCUT2D eigenvalue weighted by atomic mass is 10.00. The van der Waals surface area contributed by atoms with Gasteiger partial charge in [-0.15, -0.1) is 0 Å². The maximum Gasteiger partial charge on any atom is 0.245 e. The number of benzene rings is 3. The fraction of sp³-hybridized carbons (Fsp3) is 0.491. The van der Waals surface area contributed by atoms with Crippen LogP contribution in [0.4, 0.5) is 0 Å². The number of nitrogens with two attached hydrogens (primary N) is 5. The molecule has 25 heteroatoms. The van der Waals surface area contributed by atoms with Gasteiger partial charge in [-0.25, -0.2) is 0 Å². The molecule has 1 aliphatic heterocycles. The average Bonchev–Trinajstić information content (AvgIpc) is 3.43. The number of carbonyl (C=O) groups excluding carboxylic acids is 9. The van der Waals surface area contributed by atoms with Gasteiger partial charge in [0.15, 0.2) is 11.9 Å². The zero-order valence-corrected chi connectivity index (χ0v) is 46.9. The van der Waals surface area contributed by atoms with Gasteiger partial charge in [0, 0.05) is 58.3 Å². The summed E-state index contributed by atoms with van der Waals surface area (Å²) in [7, 11) is 0. The molecule has 4 rings (SSSR count). The second-order valence-corrected chi connectivity index (χ2v) is 20.7. The van der Waals surface area contributed by atoms with Crippen LogP contribution in [0.1, 0.15) is 101 Å². The summed E-state index contributed by atoms with van der Waals surface area (Å²) in [6.45, 7) is 3.46. The second-order valence-electron chi connectivity index (χ2n) is 20.7. The second kappa shape index (κ2) is 35.1. The maximum atomic E-state index is 15.2. The van der Waals surface area contributed by atoms with E-state index in [9.17, 15) is 38.7 Å². The molecular formula is C57H83N15O10. The van der Waals surface area contributed by atoms with Crippen molar-refractivity contribution >= 4 is 65.1 Å². The quantitative estimate of drug-likeness (QED) is 0.0335. The molecule has 6 atom stereocenters. The Morgan fingerprint density at radius 1 is 0.610 bits per heavy atom. The number of nitrogens with one attached hydrogen (secondary N) is 7. The number of nitrogens with zero attached hydrogens (tertiary/aromatic N) is 3. The Hall–Kier alpha value is -8.77. The molecule has 25 nitrogen and oxygen atoms in total. The number of phenolic OH excluding ortho intramolecular Hbond substituents is 1. The Balaban J connectivity index is 1.78. The maximum absolute atomic E-state index is 15.2. The molecule has 1 heterocycles. The molecule has 3 aromatic carbocycles. The molecule has 18 N–H and O–H groups in total. The normalized spacial score (nSPS) is 19.1. The highest BCUT2D eigenvalue weighted by Crippen LogP contribution is 2.15. The van der Waals surface area contributed by atoms with Crippen LogP contribution in [0.2, 0.25) is 0 Å². The Bertz CT molecular complexity index is 2630. The lowest BCUT2D eigenvalue weighted by Crippen LogP contribution is -2.60. The number of amides is 9. The van der Waals surface area contributed by atoms with E-state index >= 15 is 9.59 Å². The average molecular weight is 1140 g/mol. The van der Waals surface area contributed by atoms with Crippen LogP contribution in [-0.4, -0.2) is 144 Å². The van der Waals surface area contributed by atoms with E-state index in [4.69, 9.17) is 28.7 Å². The predicted molar refractivity (Wildman–Crippen MR) is 309 cm³/mol. The zero-order chi connectivity index (χ0) is 60.0. The van der Waals surface area contributed by atoms with Crippen molar-refractivity contribution in [1.29, 1.82) is 0 Å². The van der Waals surface area contributed by atoms with Crippen molar-refractivity contribution in [3.05, 3.63) is 102 Å². The molecule has 0 unspecified atom stereocenters. The number of primary amides is 1. The van der Waals surface area contributed by atoms with E-state index in [1.54, 1.807) is 72.8 Å². The third kappa shape index (κ3) is 25.1. The topological polar surface area (TPSA) is 416 Å². The van der Waals surface area contributed by atoms with Crippen molar-refractivity contribution in [2.75, 3.05) is 32.7 Å². The summed E-state index contributed by atoms with van der Waals surface area (Å²) in [6, 6.07) is 15.9. The van der Waals surface area contributed by atoms with Gasteiger partial charge in [0.05, 0.1) is 6.54 Å². The van der Waals surface area contributed by atoms with Gasteiger partial charge in [-0.1, -0.05) is 86.6 Å². The van der Waals surface area contributed by atoms with Crippen molar-refractivity contribution in [2.24, 2.45) is 44.6 Å². The van der Waals surface area contributed by atoms with Crippen molar-refractivity contribution in [2.45, 2.75) is 140 Å². The van der Waals surface area contributed by atoms with E-state index < -0.39 is 90.1 Å². The molecule has 0 bridgehead atoms. The minimum absolute atomic E-state index is 0.0182. The fourth-order valence-electron chi connectivity index (χ4n) is 9.02. The predicted octanol–water partition coefficient (Wildman–Crippen LogP) is -0.734. The number of rotatable bonds is 22. The summed E-state index contributed by atoms with van der Waals surface area (Å²) in [5.41, 5.74) is 29.6. The molecule has 0 aliphatic carbocycles. The van der Waals surface area contributed by atoms with E-state index in [2.05, 4.69) is 47.2 Å². The summed E-state index contributed by atoms with van der Waals surface area (Å²) in [6.07, 6.45) is 1.76. The van der Waals surface area contributed by atoms with Gasteiger partial charge in [-0.05, 0) is 92.5 Å². The van der Waals surface area contributed by atoms with Crippen LogP contribution in [0.5, 0.6) is 5.75 Å². The minimum Gasteiger partial charge on any atom is -0.508 e. The van der Waals surface area contributed by atoms with Crippen molar-refractivity contribution in [3.8, 4) is 5.75 Å². The number of aliphatic imine (C=N–C) groups is 2. The number of aromatic hydroxyl groups is 1. The first-order chi connectivity index (χ1) is 39.2. The summed E-state index contributed by atoms with van der Waals surface area (Å²) in [5.74, 6) is -6.45. The molecule has 1 fully saturated rings. The Labute approximate surface area is 478 Å². The van der Waals surface area contributed by atoms with Gasteiger partial charge in [0.1, 0.15) is 42.0 Å². The van der Waals surface area contributed by atoms with Crippen molar-refractivity contribution in [1.82, 2.24) is 42.1 Å². The van der Waals surface area contributed by atoms with Gasteiger partial charge in [-0.2, -0.15) is 0 Å². The van der Waals surface area contributed by atoms with E-state index in [1.165, 1.54) is 17.0 Å². The third-order valence-electron chi connectivity index (χ3n) is 13.3. The molecule has 1 saturated heterocycles. The van der Waals surface area contributed by atoms with Crippen LogP contribution in [-0.2, 0) is 62.4 Å². The lowest BCUT2D eigenvalue weighted by molar-refractivity contribution is -0.140. The van der Waals surface area contributed by atoms with Crippen molar-refractivity contribution < 1.29 is 48.3 Å². The Kier molecular flexibility index (Phi) is 28.1. The Morgan fingerprint density at radius 3 is 1.67 bits per heavy atom. The number of phenols is 1. The molecule has 446 valence electrons. The number of guanidine groups is 2. The SMILES string of the molecule is CC(C)C[C@H](NC(=O)[C@H](CCCN=C(N)N)NC(=O)CN1CCCCNC(=O)CCCCC(=O)N[C@@H](CCCN=C(N)N)C(=O)N[C@@H](Cc2ccc(O)cc2)C(=O)N[C@@H](Cc2ccccc2)C(=O)N[C@H](Cc2ccccc2)C1=O)C(N)=O. The highest BCUT2D eigenvalue weighted by atomic mass is 16.3. The summed E-state index contributed by atoms with van der Waals surface area (Å²) in [5, 5.41) is 29.6. The first kappa shape index (κ1) is 65.7. The molecule has 82 heavy (non-hydrogen) atoms. The number of hydrogen-bond donors (Lipinski definition) is 13. The molecule has 0 aromatic heterocycles. The molecule has 3 aromatic rings. The summed E-state index contributed by atoms with van der Waals surface area (Å²) >= 11 is 0. The zero-order valence-electron chi connectivity index (χ0n) is 46.9. The molecular weight excluding hydrogens is 1050 g/mol. The minimum atomic E-state index is -1.39. The van der Waals surface area contributed by atoms with Gasteiger partial charge in [0.25, 0.3) is 0 Å². The highest BCUT2D eigenvalue weighted by molar-refractivity contribution is 5.97. The molecule has 1 aliphatic rings. The largest absolute Gasteiger partial charge is 0.508 e. The highest BCUT2D eigenvalue weighted by Gasteiger charge is 2.35. The molecule has 0 saturated carbocycles. The van der Waals surface area contributed by atoms with E-state index in [0.29, 0.717) is 36.0 Å². The molecule has 0 radical (unpaired) electrons. The first-order valence-corrected chi connectivity index (χ1v) is 27.8. The first-order valence-electron chi connectivity index (χ1n) is 27.8. The smallest absolute Gasteiger partial charge is 0.245 e. The molecule has 0 spiro atoms. The monoisotopic (exact) mass is 1140 g/mol. The third-order valence-corrected chi connectivity index (χ3v) is 13.3. The standard InChI is InChI=1S/C57H83N15O10/c1-36(2)31-43(50(58)77)68-51(78)42(20-14-29-65-57(61)62)67-49(76)35-72-30-12-11-27-63-47(74)21-9-10-22-48(75)66-41(19-13-28-64-56(59)60)52(79)69-45(33-39-23-25-40(73)26-24-39)53(80)70-44(32-37-15-5-3-6-16-37)54(81)71-46(55(72)82)34-38-17-7-4-8-18-38/h3-8,15-18,23-26,36,41-46,73H,9-14,19-22,27-35H2,1-2H3,(H2,58,77)(H,63,74)(H,66,75)(H,67,76)(H,68,78)(H,69,79)(H,70,80)(H,71,81)(H4,59,60,64)(H4,61,62,65)/t41-,42-,43-,44-,45-,46+/m0/s1. The van der Waals surface area contributed by atoms with Crippen molar-refractivity contribution in [3.63, 3.8) is 0 Å². The van der Waals surface area contributed by atoms with Crippen LogP contribution in [0, 0.1) is 5.92 Å². The Morgan fingerprint density at radius 2 is 1.12 bits per heavy atom. The summed E-state index contributed by atoms with van der Waals surface area (Å²) < 4.78 is 0. The van der Waals surface area contributed by atoms with Crippen LogP contribution < -0.4 is 65.9 Å². The van der Waals surface area contributed by atoms with Gasteiger partial charge in [-0.3, -0.25) is 53.1 Å². The lowest BCUT2D eigenvalue weighted by Gasteiger charge is -2.30. The van der Waals surface area contributed by atoms with E-state index in [1.807, 2.05) is 13.8 Å². The van der Waals surface area contributed by atoms with Gasteiger partial charge < -0.3 is 75.9 Å². The van der Waals surface area contributed by atoms with Crippen LogP contribution >= 0.6 is 0 Å².